The third-order valence-electron chi connectivity index (χ3n) is 2.49. The van der Waals surface area contributed by atoms with E-state index in [1.165, 1.54) is 18.3 Å². The standard InChI is InChI=1S/C12H10ClFN4O3/c13-7-1-2-9(10(14)3-7)12(21)15-4-8-5-18(17-16-8)6-11(19)20/h1-3,5H,4,6H2,(H,15,21)(H,19,20). The second kappa shape index (κ2) is 6.31. The average molecular weight is 313 g/mol. The number of carbonyl (C=O) groups is 2. The molecule has 1 aromatic carbocycles. The lowest BCUT2D eigenvalue weighted by atomic mass is 10.2. The molecule has 2 rings (SSSR count). The molecule has 0 unspecified atom stereocenters. The van der Waals surface area contributed by atoms with E-state index in [0.717, 1.165) is 10.7 Å². The first-order chi connectivity index (χ1) is 9.95. The molecule has 0 aliphatic rings. The van der Waals surface area contributed by atoms with Gasteiger partial charge in [-0.05, 0) is 18.2 Å². The molecule has 0 atom stereocenters. The lowest BCUT2D eigenvalue weighted by Gasteiger charge is -2.04. The minimum absolute atomic E-state index is 0.000515. The minimum atomic E-state index is -1.06. The number of nitrogens with zero attached hydrogens (tertiary/aromatic N) is 3. The summed E-state index contributed by atoms with van der Waals surface area (Å²) in [6.07, 6.45) is 1.38. The molecule has 2 aromatic rings. The number of carboxylic acid groups (broad SMARTS) is 1. The first-order valence-electron chi connectivity index (χ1n) is 5.80. The fourth-order valence-electron chi connectivity index (χ4n) is 1.58. The molecule has 2 N–H and O–H groups in total. The highest BCUT2D eigenvalue weighted by Crippen LogP contribution is 2.14. The van der Waals surface area contributed by atoms with Crippen LogP contribution in [0.5, 0.6) is 0 Å². The molecule has 110 valence electrons. The van der Waals surface area contributed by atoms with Crippen molar-refractivity contribution in [2.24, 2.45) is 0 Å². The van der Waals surface area contributed by atoms with Gasteiger partial charge in [0.15, 0.2) is 0 Å². The average Bonchev–Trinajstić information content (AvgIpc) is 2.82. The maximum absolute atomic E-state index is 13.5. The smallest absolute Gasteiger partial charge is 0.325 e. The Hall–Kier alpha value is -2.48. The molecule has 1 amide bonds. The van der Waals surface area contributed by atoms with Gasteiger partial charge in [-0.25, -0.2) is 9.07 Å². The summed E-state index contributed by atoms with van der Waals surface area (Å²) in [6.45, 7) is -0.326. The van der Waals surface area contributed by atoms with E-state index < -0.39 is 17.7 Å². The number of hydrogen-bond donors (Lipinski definition) is 2. The van der Waals surface area contributed by atoms with Crippen molar-refractivity contribution in [3.8, 4) is 0 Å². The molecular weight excluding hydrogens is 303 g/mol. The van der Waals surface area contributed by atoms with E-state index in [0.29, 0.717) is 5.69 Å². The van der Waals surface area contributed by atoms with E-state index in [-0.39, 0.29) is 23.7 Å². The Morgan fingerprint density at radius 1 is 1.43 bits per heavy atom. The van der Waals surface area contributed by atoms with Gasteiger partial charge in [0.1, 0.15) is 18.1 Å². The highest BCUT2D eigenvalue weighted by atomic mass is 35.5. The largest absolute Gasteiger partial charge is 0.480 e. The summed E-state index contributed by atoms with van der Waals surface area (Å²) in [5.74, 6) is -2.41. The molecule has 9 heteroatoms. The van der Waals surface area contributed by atoms with Crippen LogP contribution in [-0.4, -0.2) is 32.0 Å². The second-order valence-corrected chi connectivity index (χ2v) is 4.54. The molecule has 0 aliphatic heterocycles. The predicted octanol–water partition coefficient (Wildman–Crippen LogP) is 1.09. The Morgan fingerprint density at radius 3 is 2.86 bits per heavy atom. The van der Waals surface area contributed by atoms with Gasteiger partial charge >= 0.3 is 5.97 Å². The molecule has 0 saturated carbocycles. The van der Waals surface area contributed by atoms with Crippen molar-refractivity contribution >= 4 is 23.5 Å². The molecule has 0 spiro atoms. The van der Waals surface area contributed by atoms with Crippen molar-refractivity contribution in [1.82, 2.24) is 20.3 Å². The number of aromatic nitrogens is 3. The summed E-state index contributed by atoms with van der Waals surface area (Å²) in [5, 5.41) is 18.5. The number of hydrogen-bond acceptors (Lipinski definition) is 4. The van der Waals surface area contributed by atoms with Crippen LogP contribution in [0.4, 0.5) is 4.39 Å². The molecule has 7 nitrogen and oxygen atoms in total. The molecular formula is C12H10ClFN4O3. The van der Waals surface area contributed by atoms with E-state index in [9.17, 15) is 14.0 Å². The van der Waals surface area contributed by atoms with Gasteiger partial charge in [-0.15, -0.1) is 5.10 Å². The first kappa shape index (κ1) is 14.9. The summed E-state index contributed by atoms with van der Waals surface area (Å²) < 4.78 is 14.6. The lowest BCUT2D eigenvalue weighted by molar-refractivity contribution is -0.137. The highest BCUT2D eigenvalue weighted by Gasteiger charge is 2.12. The fourth-order valence-corrected chi connectivity index (χ4v) is 1.73. The zero-order chi connectivity index (χ0) is 15.4. The third-order valence-corrected chi connectivity index (χ3v) is 2.72. The summed E-state index contributed by atoms with van der Waals surface area (Å²) in [6, 6.07) is 3.72. The fraction of sp³-hybridized carbons (Fsp3) is 0.167. The predicted molar refractivity (Wildman–Crippen MR) is 70.2 cm³/mol. The Labute approximate surface area is 123 Å². The molecule has 1 aromatic heterocycles. The van der Waals surface area contributed by atoms with Crippen molar-refractivity contribution in [1.29, 1.82) is 0 Å². The maximum Gasteiger partial charge on any atom is 0.325 e. The third kappa shape index (κ3) is 3.99. The Bertz CT molecular complexity index is 689. The maximum atomic E-state index is 13.5. The van der Waals surface area contributed by atoms with E-state index in [1.54, 1.807) is 0 Å². The monoisotopic (exact) mass is 312 g/mol. The highest BCUT2D eigenvalue weighted by molar-refractivity contribution is 6.30. The number of rotatable bonds is 5. The van der Waals surface area contributed by atoms with Gasteiger partial charge in [-0.1, -0.05) is 16.8 Å². The van der Waals surface area contributed by atoms with Crippen LogP contribution < -0.4 is 5.32 Å². The van der Waals surface area contributed by atoms with Gasteiger partial charge in [-0.3, -0.25) is 9.59 Å². The molecule has 1 heterocycles. The van der Waals surface area contributed by atoms with Gasteiger partial charge in [0, 0.05) is 5.02 Å². The zero-order valence-corrected chi connectivity index (χ0v) is 11.3. The molecule has 0 bridgehead atoms. The van der Waals surface area contributed by atoms with Crippen LogP contribution in [0, 0.1) is 5.82 Å². The number of carboxylic acids is 1. The zero-order valence-electron chi connectivity index (χ0n) is 10.6. The summed E-state index contributed by atoms with van der Waals surface area (Å²) >= 11 is 5.60. The number of aliphatic carboxylic acids is 1. The van der Waals surface area contributed by atoms with Crippen LogP contribution in [0.1, 0.15) is 16.1 Å². The van der Waals surface area contributed by atoms with Crippen LogP contribution in [0.25, 0.3) is 0 Å². The molecule has 0 aliphatic carbocycles. The number of halogens is 2. The second-order valence-electron chi connectivity index (χ2n) is 4.11. The van der Waals surface area contributed by atoms with Gasteiger partial charge in [0.05, 0.1) is 18.3 Å². The summed E-state index contributed by atoms with van der Waals surface area (Å²) in [4.78, 5) is 22.3. The van der Waals surface area contributed by atoms with Gasteiger partial charge in [0.25, 0.3) is 5.91 Å². The topological polar surface area (TPSA) is 97.1 Å². The van der Waals surface area contributed by atoms with Crippen LogP contribution in [0.2, 0.25) is 5.02 Å². The van der Waals surface area contributed by atoms with E-state index >= 15 is 0 Å². The normalized spacial score (nSPS) is 10.4. The number of amides is 1. The minimum Gasteiger partial charge on any atom is -0.480 e. The van der Waals surface area contributed by atoms with Crippen LogP contribution >= 0.6 is 11.6 Å². The lowest BCUT2D eigenvalue weighted by Crippen LogP contribution is -2.24. The van der Waals surface area contributed by atoms with Crippen molar-refractivity contribution in [2.75, 3.05) is 0 Å². The molecule has 0 saturated heterocycles. The van der Waals surface area contributed by atoms with E-state index in [1.807, 2.05) is 0 Å². The quantitative estimate of drug-likeness (QED) is 0.861. The number of carbonyl (C=O) groups excluding carboxylic acids is 1. The van der Waals surface area contributed by atoms with Crippen molar-refractivity contribution < 1.29 is 19.1 Å². The number of nitrogens with one attached hydrogen (secondary N) is 1. The van der Waals surface area contributed by atoms with Gasteiger partial charge < -0.3 is 10.4 Å². The Kier molecular flexibility index (Phi) is 4.49. The van der Waals surface area contributed by atoms with Crippen molar-refractivity contribution in [2.45, 2.75) is 13.1 Å². The number of benzene rings is 1. The van der Waals surface area contributed by atoms with Gasteiger partial charge in [-0.2, -0.15) is 0 Å². The molecule has 0 fully saturated rings. The van der Waals surface area contributed by atoms with Crippen molar-refractivity contribution in [3.05, 3.63) is 46.5 Å². The van der Waals surface area contributed by atoms with Crippen molar-refractivity contribution in [3.63, 3.8) is 0 Å². The van der Waals surface area contributed by atoms with Crippen LogP contribution in [0.15, 0.2) is 24.4 Å². The van der Waals surface area contributed by atoms with Gasteiger partial charge in [0.2, 0.25) is 0 Å². The Balaban J connectivity index is 1.97. The molecule has 0 radical (unpaired) electrons. The van der Waals surface area contributed by atoms with E-state index in [2.05, 4.69) is 15.6 Å². The molecule has 21 heavy (non-hydrogen) atoms. The van der Waals surface area contributed by atoms with E-state index in [4.69, 9.17) is 16.7 Å². The Morgan fingerprint density at radius 2 is 2.19 bits per heavy atom. The SMILES string of the molecule is O=C(O)Cn1cc(CNC(=O)c2ccc(Cl)cc2F)nn1. The summed E-state index contributed by atoms with van der Waals surface area (Å²) in [5.41, 5.74) is 0.219. The van der Waals surface area contributed by atoms with Crippen LogP contribution in [0.3, 0.4) is 0 Å². The summed E-state index contributed by atoms with van der Waals surface area (Å²) in [7, 11) is 0. The van der Waals surface area contributed by atoms with Crippen LogP contribution in [-0.2, 0) is 17.9 Å². The first-order valence-corrected chi connectivity index (χ1v) is 6.17.